The largest absolute Gasteiger partial charge is 0.299 e. The number of carbonyl (C=O) groups is 2. The van der Waals surface area contributed by atoms with Gasteiger partial charge in [0, 0.05) is 12.3 Å². The van der Waals surface area contributed by atoms with Crippen molar-refractivity contribution in [3.05, 3.63) is 0 Å². The minimum absolute atomic E-state index is 0.0555. The molecular formula is C10H19NO2P2. The molecule has 86 valence electrons. The van der Waals surface area contributed by atoms with Gasteiger partial charge in [-0.2, -0.15) is 0 Å². The minimum atomic E-state index is -0.219. The van der Waals surface area contributed by atoms with Gasteiger partial charge in [-0.25, -0.2) is 0 Å². The molecule has 0 aromatic rings. The molecule has 1 saturated carbocycles. The van der Waals surface area contributed by atoms with Crippen molar-refractivity contribution in [3.8, 4) is 0 Å². The lowest BCUT2D eigenvalue weighted by Gasteiger charge is -2.27. The molecule has 0 aromatic carbocycles. The fraction of sp³-hybridized carbons (Fsp3) is 0.800. The predicted molar refractivity (Wildman–Crippen MR) is 67.1 cm³/mol. The summed E-state index contributed by atoms with van der Waals surface area (Å²) in [7, 11) is 1.41. The summed E-state index contributed by atoms with van der Waals surface area (Å²) in [5.74, 6) is 0.333. The van der Waals surface area contributed by atoms with Gasteiger partial charge in [0.15, 0.2) is 0 Å². The first kappa shape index (κ1) is 13.2. The first-order valence-corrected chi connectivity index (χ1v) is 8.87. The predicted octanol–water partition coefficient (Wildman–Crippen LogP) is 2.11. The third-order valence-corrected chi connectivity index (χ3v) is 4.68. The van der Waals surface area contributed by atoms with Crippen LogP contribution < -0.4 is 5.09 Å². The lowest BCUT2D eigenvalue weighted by Crippen LogP contribution is -2.42. The molecule has 1 fully saturated rings. The van der Waals surface area contributed by atoms with Crippen LogP contribution in [0, 0.1) is 5.92 Å². The molecule has 0 aliphatic heterocycles. The topological polar surface area (TPSA) is 46.2 Å². The minimum Gasteiger partial charge on any atom is -0.299 e. The Morgan fingerprint density at radius 2 is 2.27 bits per heavy atom. The van der Waals surface area contributed by atoms with Crippen molar-refractivity contribution in [2.24, 2.45) is 5.92 Å². The molecule has 1 rings (SSSR count). The van der Waals surface area contributed by atoms with Gasteiger partial charge in [-0.15, -0.1) is 0 Å². The van der Waals surface area contributed by atoms with Crippen LogP contribution >= 0.6 is 16.7 Å². The van der Waals surface area contributed by atoms with E-state index in [0.717, 1.165) is 27.5 Å². The molecule has 0 aromatic heterocycles. The Bertz CT molecular complexity index is 246. The first-order chi connectivity index (χ1) is 7.16. The van der Waals surface area contributed by atoms with Gasteiger partial charge in [0.05, 0.1) is 6.04 Å². The molecule has 3 nitrogen and oxygen atoms in total. The van der Waals surface area contributed by atoms with Gasteiger partial charge in [0.1, 0.15) is 11.6 Å². The van der Waals surface area contributed by atoms with Gasteiger partial charge in [-0.05, 0) is 34.9 Å². The molecule has 0 saturated heterocycles. The van der Waals surface area contributed by atoms with Gasteiger partial charge in [-0.1, -0.05) is 14.7 Å². The second-order valence-corrected chi connectivity index (χ2v) is 7.21. The van der Waals surface area contributed by atoms with E-state index in [2.05, 4.69) is 11.8 Å². The van der Waals surface area contributed by atoms with E-state index in [9.17, 15) is 9.59 Å². The molecule has 0 bridgehead atoms. The van der Waals surface area contributed by atoms with E-state index < -0.39 is 0 Å². The number of hydrogen-bond acceptors (Lipinski definition) is 3. The van der Waals surface area contributed by atoms with E-state index in [-0.39, 0.29) is 23.5 Å². The zero-order chi connectivity index (χ0) is 11.3. The Labute approximate surface area is 94.7 Å². The van der Waals surface area contributed by atoms with Crippen molar-refractivity contribution < 1.29 is 9.59 Å². The highest BCUT2D eigenvalue weighted by atomic mass is 32.0. The highest BCUT2D eigenvalue weighted by molar-refractivity contribution is 8.10. The molecule has 1 aliphatic rings. The highest BCUT2D eigenvalue weighted by Gasteiger charge is 2.32. The molecule has 1 N–H and O–H groups in total. The van der Waals surface area contributed by atoms with E-state index in [1.165, 1.54) is 0 Å². The lowest BCUT2D eigenvalue weighted by atomic mass is 9.82. The lowest BCUT2D eigenvalue weighted by molar-refractivity contribution is -0.130. The normalized spacial score (nSPS) is 25.5. The second kappa shape index (κ2) is 6.68. The van der Waals surface area contributed by atoms with Crippen LogP contribution in [0.5, 0.6) is 0 Å². The van der Waals surface area contributed by atoms with Crippen molar-refractivity contribution >= 4 is 28.3 Å². The zero-order valence-corrected chi connectivity index (χ0v) is 11.3. The van der Waals surface area contributed by atoms with Crippen molar-refractivity contribution in [1.82, 2.24) is 5.09 Å². The molecule has 0 radical (unpaired) electrons. The van der Waals surface area contributed by atoms with Gasteiger partial charge in [-0.3, -0.25) is 14.7 Å². The summed E-state index contributed by atoms with van der Waals surface area (Å²) in [4.78, 5) is 23.2. The molecule has 1 aliphatic carbocycles. The Morgan fingerprint density at radius 1 is 1.53 bits per heavy atom. The van der Waals surface area contributed by atoms with Gasteiger partial charge in [0.2, 0.25) is 0 Å². The molecule has 4 unspecified atom stereocenters. The monoisotopic (exact) mass is 247 g/mol. The number of carbonyl (C=O) groups excluding carboxylic acids is 2. The molecular weight excluding hydrogens is 228 g/mol. The SMILES string of the molecule is CPPNC(C(C)=O)C1CCCCC1=O. The fourth-order valence-electron chi connectivity index (χ4n) is 2.00. The first-order valence-electron chi connectivity index (χ1n) is 5.37. The van der Waals surface area contributed by atoms with Crippen molar-refractivity contribution in [2.45, 2.75) is 38.6 Å². The quantitative estimate of drug-likeness (QED) is 0.757. The summed E-state index contributed by atoms with van der Waals surface area (Å²) in [6.07, 6.45) is 3.62. The summed E-state index contributed by atoms with van der Waals surface area (Å²) < 4.78 is 0. The summed E-state index contributed by atoms with van der Waals surface area (Å²) in [6.45, 7) is 3.69. The van der Waals surface area contributed by atoms with Crippen LogP contribution in [0.4, 0.5) is 0 Å². The highest BCUT2D eigenvalue weighted by Crippen LogP contribution is 2.32. The third kappa shape index (κ3) is 3.90. The van der Waals surface area contributed by atoms with Crippen molar-refractivity contribution in [1.29, 1.82) is 0 Å². The Hall–Kier alpha value is 0.160. The van der Waals surface area contributed by atoms with Crippen LogP contribution in [0.2, 0.25) is 0 Å². The number of nitrogens with one attached hydrogen (secondary N) is 1. The molecule has 0 spiro atoms. The maximum Gasteiger partial charge on any atom is 0.147 e. The van der Waals surface area contributed by atoms with E-state index in [1.54, 1.807) is 6.92 Å². The average Bonchev–Trinajstić information content (AvgIpc) is 2.20. The van der Waals surface area contributed by atoms with Gasteiger partial charge < -0.3 is 0 Å². The van der Waals surface area contributed by atoms with Crippen LogP contribution in [0.3, 0.4) is 0 Å². The van der Waals surface area contributed by atoms with Crippen LogP contribution in [0.25, 0.3) is 0 Å². The number of rotatable bonds is 5. The Morgan fingerprint density at radius 3 is 2.80 bits per heavy atom. The van der Waals surface area contributed by atoms with Crippen molar-refractivity contribution in [2.75, 3.05) is 6.66 Å². The van der Waals surface area contributed by atoms with Crippen LogP contribution in [0.1, 0.15) is 32.6 Å². The second-order valence-electron chi connectivity index (χ2n) is 3.93. The molecule has 4 atom stereocenters. The van der Waals surface area contributed by atoms with Gasteiger partial charge >= 0.3 is 0 Å². The smallest absolute Gasteiger partial charge is 0.147 e. The maximum absolute atomic E-state index is 11.7. The number of ketones is 2. The van der Waals surface area contributed by atoms with Crippen LogP contribution in [-0.2, 0) is 9.59 Å². The summed E-state index contributed by atoms with van der Waals surface area (Å²) in [6, 6.07) is -0.219. The van der Waals surface area contributed by atoms with Crippen LogP contribution in [-0.4, -0.2) is 24.3 Å². The van der Waals surface area contributed by atoms with Crippen LogP contribution in [0.15, 0.2) is 0 Å². The third-order valence-electron chi connectivity index (χ3n) is 2.79. The van der Waals surface area contributed by atoms with Gasteiger partial charge in [0.25, 0.3) is 0 Å². The molecule has 0 heterocycles. The molecule has 15 heavy (non-hydrogen) atoms. The molecule has 5 heteroatoms. The summed E-state index contributed by atoms with van der Waals surface area (Å²) in [5.41, 5.74) is 0. The molecule has 0 amide bonds. The van der Waals surface area contributed by atoms with E-state index in [0.29, 0.717) is 14.8 Å². The number of hydrogen-bond donors (Lipinski definition) is 1. The zero-order valence-electron chi connectivity index (χ0n) is 9.30. The summed E-state index contributed by atoms with van der Waals surface area (Å²) in [5, 5.41) is 3.24. The van der Waals surface area contributed by atoms with E-state index >= 15 is 0 Å². The maximum atomic E-state index is 11.7. The standard InChI is InChI=1S/C10H19NO2P2/c1-7(12)10(11-15-14-2)8-5-3-4-6-9(8)13/h8,10-11,14-15H,3-6H2,1-2H3. The fourth-order valence-corrected chi connectivity index (χ4v) is 3.60. The van der Waals surface area contributed by atoms with Crippen molar-refractivity contribution in [3.63, 3.8) is 0 Å². The number of Topliss-reactive ketones (excluding diaryl/α,β-unsaturated/α-hetero) is 2. The Kier molecular flexibility index (Phi) is 5.89. The van der Waals surface area contributed by atoms with E-state index in [1.807, 2.05) is 0 Å². The van der Waals surface area contributed by atoms with E-state index in [4.69, 9.17) is 0 Å². The Balaban J connectivity index is 2.60. The average molecular weight is 247 g/mol. The summed E-state index contributed by atoms with van der Waals surface area (Å²) >= 11 is 0.